The van der Waals surface area contributed by atoms with Crippen LogP contribution in [0.15, 0.2) is 33.3 Å². The highest BCUT2D eigenvalue weighted by molar-refractivity contribution is 9.10. The first kappa shape index (κ1) is 12.1. The monoisotopic (exact) mass is 300 g/mol. The molecule has 0 atom stereocenters. The Morgan fingerprint density at radius 1 is 1.41 bits per heavy atom. The van der Waals surface area contributed by atoms with Gasteiger partial charge in [0.1, 0.15) is 6.61 Å². The van der Waals surface area contributed by atoms with E-state index in [1.807, 2.05) is 0 Å². The number of ether oxygens (including phenoxy) is 1. The molecule has 17 heavy (non-hydrogen) atoms. The lowest BCUT2D eigenvalue weighted by molar-refractivity contribution is 0.239. The van der Waals surface area contributed by atoms with Gasteiger partial charge in [-0.2, -0.15) is 0 Å². The zero-order chi connectivity index (χ0) is 12.3. The molecule has 0 amide bonds. The van der Waals surface area contributed by atoms with Gasteiger partial charge < -0.3 is 15.0 Å². The maximum Gasteiger partial charge on any atom is 0.174 e. The summed E-state index contributed by atoms with van der Waals surface area (Å²) in [7, 11) is 0. The van der Waals surface area contributed by atoms with Gasteiger partial charge in [-0.1, -0.05) is 21.1 Å². The molecular formula is C11H10BrFN2O2. The Hall–Kier alpha value is -1.40. The van der Waals surface area contributed by atoms with Crippen LogP contribution in [0.5, 0.6) is 5.75 Å². The van der Waals surface area contributed by atoms with Gasteiger partial charge in [0.2, 0.25) is 0 Å². The number of rotatable bonds is 4. The average molecular weight is 301 g/mol. The Kier molecular flexibility index (Phi) is 3.75. The Morgan fingerprint density at radius 3 is 2.94 bits per heavy atom. The van der Waals surface area contributed by atoms with Crippen LogP contribution >= 0.6 is 15.9 Å². The average Bonchev–Trinajstić information content (AvgIpc) is 2.78. The van der Waals surface area contributed by atoms with Crippen molar-refractivity contribution in [2.24, 2.45) is 5.73 Å². The van der Waals surface area contributed by atoms with E-state index in [4.69, 9.17) is 15.0 Å². The highest BCUT2D eigenvalue weighted by atomic mass is 79.9. The number of hydrogen-bond acceptors (Lipinski definition) is 4. The van der Waals surface area contributed by atoms with Crippen LogP contribution in [0, 0.1) is 5.82 Å². The van der Waals surface area contributed by atoms with Gasteiger partial charge in [0.25, 0.3) is 0 Å². The summed E-state index contributed by atoms with van der Waals surface area (Å²) in [5.41, 5.74) is 6.02. The molecule has 0 aliphatic heterocycles. The minimum atomic E-state index is -0.424. The van der Waals surface area contributed by atoms with Crippen molar-refractivity contribution in [2.75, 3.05) is 0 Å². The molecule has 0 unspecified atom stereocenters. The smallest absolute Gasteiger partial charge is 0.174 e. The lowest BCUT2D eigenvalue weighted by Crippen LogP contribution is -1.97. The van der Waals surface area contributed by atoms with Gasteiger partial charge in [-0.15, -0.1) is 0 Å². The number of hydrogen-bond donors (Lipinski definition) is 1. The second-order valence-corrected chi connectivity index (χ2v) is 4.27. The van der Waals surface area contributed by atoms with Gasteiger partial charge in [-0.05, 0) is 18.2 Å². The molecule has 0 saturated carbocycles. The van der Waals surface area contributed by atoms with Gasteiger partial charge in [0.05, 0.1) is 5.69 Å². The predicted octanol–water partition coefficient (Wildman–Crippen LogP) is 2.61. The van der Waals surface area contributed by atoms with Crippen LogP contribution in [-0.2, 0) is 13.2 Å². The van der Waals surface area contributed by atoms with Crippen molar-refractivity contribution < 1.29 is 13.7 Å². The molecule has 1 aromatic carbocycles. The van der Waals surface area contributed by atoms with Crippen molar-refractivity contribution in [3.63, 3.8) is 0 Å². The van der Waals surface area contributed by atoms with Crippen molar-refractivity contribution >= 4 is 15.9 Å². The molecule has 0 saturated heterocycles. The molecule has 2 N–H and O–H groups in total. The highest BCUT2D eigenvalue weighted by Crippen LogP contribution is 2.23. The molecule has 0 radical (unpaired) electrons. The second kappa shape index (κ2) is 5.29. The summed E-state index contributed by atoms with van der Waals surface area (Å²) in [4.78, 5) is 0. The normalized spacial score (nSPS) is 10.5. The molecule has 1 aromatic heterocycles. The third-order valence-corrected chi connectivity index (χ3v) is 2.57. The summed E-state index contributed by atoms with van der Waals surface area (Å²) in [5, 5.41) is 3.70. The topological polar surface area (TPSA) is 61.3 Å². The molecule has 0 bridgehead atoms. The predicted molar refractivity (Wildman–Crippen MR) is 62.8 cm³/mol. The third kappa shape index (κ3) is 3.04. The number of aromatic nitrogens is 1. The van der Waals surface area contributed by atoms with E-state index in [9.17, 15) is 4.39 Å². The first-order chi connectivity index (χ1) is 8.19. The zero-order valence-corrected chi connectivity index (χ0v) is 10.4. The van der Waals surface area contributed by atoms with E-state index in [0.29, 0.717) is 18.0 Å². The van der Waals surface area contributed by atoms with E-state index in [0.717, 1.165) is 4.47 Å². The van der Waals surface area contributed by atoms with E-state index in [1.54, 1.807) is 18.2 Å². The van der Waals surface area contributed by atoms with Crippen molar-refractivity contribution in [3.05, 3.63) is 46.0 Å². The van der Waals surface area contributed by atoms with E-state index in [1.165, 1.54) is 6.07 Å². The lowest BCUT2D eigenvalue weighted by Gasteiger charge is -2.05. The molecular weight excluding hydrogens is 291 g/mol. The van der Waals surface area contributed by atoms with Crippen LogP contribution in [0.3, 0.4) is 0 Å². The van der Waals surface area contributed by atoms with Crippen LogP contribution in [0.2, 0.25) is 0 Å². The minimum Gasteiger partial charge on any atom is -0.482 e. The molecule has 2 aromatic rings. The van der Waals surface area contributed by atoms with Gasteiger partial charge in [-0.3, -0.25) is 0 Å². The minimum absolute atomic E-state index is 0.111. The molecule has 0 aliphatic carbocycles. The van der Waals surface area contributed by atoms with Gasteiger partial charge >= 0.3 is 0 Å². The van der Waals surface area contributed by atoms with E-state index < -0.39 is 5.82 Å². The van der Waals surface area contributed by atoms with Crippen molar-refractivity contribution in [2.45, 2.75) is 13.2 Å². The standard InChI is InChI=1S/C11H10BrFN2O2/c12-7-1-2-10(13)11(3-7)16-6-9-4-8(5-14)15-17-9/h1-4H,5-6,14H2. The van der Waals surface area contributed by atoms with E-state index in [2.05, 4.69) is 21.1 Å². The van der Waals surface area contributed by atoms with Crippen molar-refractivity contribution in [3.8, 4) is 5.75 Å². The van der Waals surface area contributed by atoms with Gasteiger partial charge in [0.15, 0.2) is 17.3 Å². The van der Waals surface area contributed by atoms with Crippen LogP contribution in [-0.4, -0.2) is 5.16 Å². The molecule has 1 heterocycles. The van der Waals surface area contributed by atoms with Crippen LogP contribution < -0.4 is 10.5 Å². The molecule has 2 rings (SSSR count). The van der Waals surface area contributed by atoms with Crippen LogP contribution in [0.25, 0.3) is 0 Å². The maximum absolute atomic E-state index is 13.3. The largest absolute Gasteiger partial charge is 0.482 e. The van der Waals surface area contributed by atoms with Crippen LogP contribution in [0.1, 0.15) is 11.5 Å². The quantitative estimate of drug-likeness (QED) is 0.943. The maximum atomic E-state index is 13.3. The first-order valence-corrected chi connectivity index (χ1v) is 5.70. The summed E-state index contributed by atoms with van der Waals surface area (Å²) >= 11 is 3.24. The summed E-state index contributed by atoms with van der Waals surface area (Å²) < 4.78 is 24.3. The fourth-order valence-electron chi connectivity index (χ4n) is 1.26. The van der Waals surface area contributed by atoms with E-state index in [-0.39, 0.29) is 12.4 Å². The SMILES string of the molecule is NCc1cc(COc2cc(Br)ccc2F)on1. The molecule has 90 valence electrons. The molecule has 4 nitrogen and oxygen atoms in total. The highest BCUT2D eigenvalue weighted by Gasteiger charge is 2.07. The number of nitrogens with two attached hydrogens (primary N) is 1. The Balaban J connectivity index is 2.04. The Labute approximate surface area is 106 Å². The fourth-order valence-corrected chi connectivity index (χ4v) is 1.60. The zero-order valence-electron chi connectivity index (χ0n) is 8.82. The second-order valence-electron chi connectivity index (χ2n) is 3.35. The van der Waals surface area contributed by atoms with Gasteiger partial charge in [0, 0.05) is 17.1 Å². The summed E-state index contributed by atoms with van der Waals surface area (Å²) in [6.45, 7) is 0.412. The van der Waals surface area contributed by atoms with Crippen molar-refractivity contribution in [1.82, 2.24) is 5.16 Å². The third-order valence-electron chi connectivity index (χ3n) is 2.08. The summed E-state index contributed by atoms with van der Waals surface area (Å²) in [6.07, 6.45) is 0. The number of benzene rings is 1. The summed E-state index contributed by atoms with van der Waals surface area (Å²) in [6, 6.07) is 6.15. The Morgan fingerprint density at radius 2 is 2.24 bits per heavy atom. The number of nitrogens with zero attached hydrogens (tertiary/aromatic N) is 1. The van der Waals surface area contributed by atoms with Crippen molar-refractivity contribution in [1.29, 1.82) is 0 Å². The first-order valence-electron chi connectivity index (χ1n) is 4.91. The summed E-state index contributed by atoms with van der Waals surface area (Å²) in [5.74, 6) is 0.238. The molecule has 0 aliphatic rings. The molecule has 0 spiro atoms. The molecule has 6 heteroatoms. The van der Waals surface area contributed by atoms with Gasteiger partial charge in [-0.25, -0.2) is 4.39 Å². The number of halogens is 2. The molecule has 0 fully saturated rings. The van der Waals surface area contributed by atoms with E-state index >= 15 is 0 Å². The van der Waals surface area contributed by atoms with Crippen LogP contribution in [0.4, 0.5) is 4.39 Å². The lowest BCUT2D eigenvalue weighted by atomic mass is 10.3. The Bertz CT molecular complexity index is 516. The fraction of sp³-hybridized carbons (Fsp3) is 0.182.